The summed E-state index contributed by atoms with van der Waals surface area (Å²) >= 11 is 6.24. The van der Waals surface area contributed by atoms with Crippen molar-refractivity contribution < 1.29 is 4.79 Å². The molecule has 2 saturated heterocycles. The van der Waals surface area contributed by atoms with Crippen LogP contribution in [0.1, 0.15) is 36.0 Å². The highest BCUT2D eigenvalue weighted by molar-refractivity contribution is 6.33. The molecule has 1 saturated carbocycles. The van der Waals surface area contributed by atoms with E-state index in [2.05, 4.69) is 49.4 Å². The standard InChI is InChI=1S/C28H35ClN6O/c1-30-27-12-11-24(17-26(27)29)33(2)22-9-5-21(6-10-22)32-28(36)20-3-7-23(8-4-20)34-13-15-35(16-14-34)25-18-31-19-25/h3-4,7-8,11-12,17,21-22,25,31H,5-6,9-10,13-16,18-19H2,2H3,(H,32,36). The normalized spacial score (nSPS) is 23.0. The molecule has 36 heavy (non-hydrogen) atoms. The van der Waals surface area contributed by atoms with Gasteiger partial charge in [-0.15, -0.1) is 0 Å². The molecule has 5 rings (SSSR count). The number of hydrogen-bond donors (Lipinski definition) is 2. The van der Waals surface area contributed by atoms with Gasteiger partial charge in [-0.1, -0.05) is 17.7 Å². The minimum Gasteiger partial charge on any atom is -0.372 e. The molecule has 2 aromatic carbocycles. The van der Waals surface area contributed by atoms with Crippen LogP contribution in [0.15, 0.2) is 42.5 Å². The third-order valence-electron chi connectivity index (χ3n) is 8.12. The molecule has 0 bridgehead atoms. The lowest BCUT2D eigenvalue weighted by Gasteiger charge is -2.43. The Morgan fingerprint density at radius 1 is 1.06 bits per heavy atom. The van der Waals surface area contributed by atoms with Gasteiger partial charge in [0.05, 0.1) is 6.57 Å². The molecule has 7 nitrogen and oxygen atoms in total. The lowest BCUT2D eigenvalue weighted by atomic mass is 9.90. The Labute approximate surface area is 219 Å². The zero-order valence-corrected chi connectivity index (χ0v) is 21.7. The van der Waals surface area contributed by atoms with E-state index in [0.29, 0.717) is 22.8 Å². The third-order valence-corrected chi connectivity index (χ3v) is 8.43. The molecule has 2 aromatic rings. The minimum absolute atomic E-state index is 0.0159. The number of rotatable bonds is 6. The van der Waals surface area contributed by atoms with Crippen LogP contribution in [0.4, 0.5) is 17.1 Å². The fourth-order valence-electron chi connectivity index (χ4n) is 5.59. The molecule has 1 aliphatic carbocycles. The second-order valence-corrected chi connectivity index (χ2v) is 10.6. The first-order chi connectivity index (χ1) is 17.5. The summed E-state index contributed by atoms with van der Waals surface area (Å²) in [6.45, 7) is 13.7. The molecule has 1 amide bonds. The summed E-state index contributed by atoms with van der Waals surface area (Å²) in [4.78, 5) is 23.6. The van der Waals surface area contributed by atoms with Crippen molar-refractivity contribution in [1.29, 1.82) is 0 Å². The average Bonchev–Trinajstić information content (AvgIpc) is 2.88. The molecule has 0 aromatic heterocycles. The van der Waals surface area contributed by atoms with E-state index >= 15 is 0 Å². The molecule has 0 radical (unpaired) electrons. The van der Waals surface area contributed by atoms with Crippen LogP contribution in [0.25, 0.3) is 4.85 Å². The van der Waals surface area contributed by atoms with E-state index in [-0.39, 0.29) is 11.9 Å². The van der Waals surface area contributed by atoms with Gasteiger partial charge in [-0.2, -0.15) is 0 Å². The molecule has 0 atom stereocenters. The second-order valence-electron chi connectivity index (χ2n) is 10.2. The van der Waals surface area contributed by atoms with Crippen LogP contribution in [0.5, 0.6) is 0 Å². The fourth-order valence-corrected chi connectivity index (χ4v) is 5.81. The number of hydrogen-bond acceptors (Lipinski definition) is 5. The smallest absolute Gasteiger partial charge is 0.251 e. The van der Waals surface area contributed by atoms with Crippen molar-refractivity contribution in [3.8, 4) is 0 Å². The van der Waals surface area contributed by atoms with Crippen molar-refractivity contribution in [3.05, 3.63) is 64.5 Å². The SMILES string of the molecule is [C-]#[N+]c1ccc(N(C)C2CCC(NC(=O)c3ccc(N4CCN(C5CNC5)CC4)cc3)CC2)cc1Cl. The minimum atomic E-state index is 0.0159. The fraction of sp³-hybridized carbons (Fsp3) is 0.500. The number of halogens is 1. The van der Waals surface area contributed by atoms with Gasteiger partial charge in [-0.25, -0.2) is 4.85 Å². The Hall–Kier alpha value is -2.79. The van der Waals surface area contributed by atoms with Crippen LogP contribution in [0.2, 0.25) is 5.02 Å². The number of nitrogens with one attached hydrogen (secondary N) is 2. The van der Waals surface area contributed by atoms with Gasteiger partial charge in [0.25, 0.3) is 5.91 Å². The molecular formula is C28H35ClN6O. The average molecular weight is 507 g/mol. The number of nitrogens with zero attached hydrogens (tertiary/aromatic N) is 4. The van der Waals surface area contributed by atoms with Crippen LogP contribution < -0.4 is 20.4 Å². The van der Waals surface area contributed by atoms with E-state index in [1.165, 1.54) is 5.69 Å². The molecule has 2 heterocycles. The predicted octanol–water partition coefficient (Wildman–Crippen LogP) is 4.16. The van der Waals surface area contributed by atoms with Crippen LogP contribution in [0, 0.1) is 6.57 Å². The highest BCUT2D eigenvalue weighted by Gasteiger charge is 2.28. The van der Waals surface area contributed by atoms with Gasteiger partial charge in [0.2, 0.25) is 5.69 Å². The summed E-state index contributed by atoms with van der Waals surface area (Å²) in [7, 11) is 2.08. The van der Waals surface area contributed by atoms with Gasteiger partial charge in [0, 0.05) is 86.4 Å². The summed E-state index contributed by atoms with van der Waals surface area (Å²) in [5, 5.41) is 7.10. The van der Waals surface area contributed by atoms with E-state index < -0.39 is 0 Å². The number of carbonyl (C=O) groups is 1. The lowest BCUT2D eigenvalue weighted by Crippen LogP contribution is -2.61. The molecule has 3 fully saturated rings. The number of amides is 1. The van der Waals surface area contributed by atoms with Crippen LogP contribution in [-0.4, -0.2) is 75.2 Å². The molecule has 2 N–H and O–H groups in total. The molecule has 190 valence electrons. The van der Waals surface area contributed by atoms with E-state index in [1.807, 2.05) is 24.3 Å². The lowest BCUT2D eigenvalue weighted by molar-refractivity contribution is 0.0926. The first-order valence-corrected chi connectivity index (χ1v) is 13.4. The van der Waals surface area contributed by atoms with E-state index in [1.54, 1.807) is 6.07 Å². The zero-order chi connectivity index (χ0) is 25.1. The summed E-state index contributed by atoms with van der Waals surface area (Å²) in [5.74, 6) is 0.0159. The summed E-state index contributed by atoms with van der Waals surface area (Å²) in [5.41, 5.74) is 3.44. The Kier molecular flexibility index (Phi) is 7.66. The van der Waals surface area contributed by atoms with Crippen molar-refractivity contribution in [3.63, 3.8) is 0 Å². The Morgan fingerprint density at radius 3 is 2.33 bits per heavy atom. The van der Waals surface area contributed by atoms with Crippen LogP contribution >= 0.6 is 11.6 Å². The van der Waals surface area contributed by atoms with E-state index in [4.69, 9.17) is 18.2 Å². The Morgan fingerprint density at radius 2 is 1.75 bits per heavy atom. The second kappa shape index (κ2) is 11.1. The maximum atomic E-state index is 12.9. The zero-order valence-electron chi connectivity index (χ0n) is 20.9. The molecular weight excluding hydrogens is 472 g/mol. The molecule has 2 aliphatic heterocycles. The quantitative estimate of drug-likeness (QED) is 0.576. The van der Waals surface area contributed by atoms with Crippen LogP contribution in [-0.2, 0) is 0 Å². The van der Waals surface area contributed by atoms with E-state index in [9.17, 15) is 4.79 Å². The summed E-state index contributed by atoms with van der Waals surface area (Å²) < 4.78 is 0. The highest BCUT2D eigenvalue weighted by atomic mass is 35.5. The number of piperazine rings is 1. The largest absolute Gasteiger partial charge is 0.372 e. The number of benzene rings is 2. The summed E-state index contributed by atoms with van der Waals surface area (Å²) in [6.07, 6.45) is 3.91. The van der Waals surface area contributed by atoms with Gasteiger partial charge in [0.1, 0.15) is 0 Å². The molecule has 0 spiro atoms. The molecule has 3 aliphatic rings. The van der Waals surface area contributed by atoms with Gasteiger partial charge >= 0.3 is 0 Å². The van der Waals surface area contributed by atoms with Gasteiger partial charge in [-0.05, 0) is 62.1 Å². The van der Waals surface area contributed by atoms with Gasteiger partial charge < -0.3 is 20.4 Å². The maximum Gasteiger partial charge on any atom is 0.251 e. The third kappa shape index (κ3) is 5.46. The van der Waals surface area contributed by atoms with Crippen molar-refractivity contribution in [2.24, 2.45) is 0 Å². The molecule has 0 unspecified atom stereocenters. The number of carbonyl (C=O) groups excluding carboxylic acids is 1. The monoisotopic (exact) mass is 506 g/mol. The molecule has 8 heteroatoms. The van der Waals surface area contributed by atoms with Crippen molar-refractivity contribution >= 4 is 34.6 Å². The summed E-state index contributed by atoms with van der Waals surface area (Å²) in [6, 6.07) is 15.0. The van der Waals surface area contributed by atoms with Crippen molar-refractivity contribution in [2.75, 3.05) is 56.1 Å². The Bertz CT molecular complexity index is 1100. The van der Waals surface area contributed by atoms with E-state index in [0.717, 1.165) is 76.2 Å². The number of anilines is 2. The maximum absolute atomic E-state index is 12.9. The topological polar surface area (TPSA) is 55.2 Å². The van der Waals surface area contributed by atoms with Gasteiger partial charge in [-0.3, -0.25) is 9.69 Å². The first kappa shape index (κ1) is 24.9. The first-order valence-electron chi connectivity index (χ1n) is 13.0. The highest BCUT2D eigenvalue weighted by Crippen LogP contribution is 2.32. The van der Waals surface area contributed by atoms with Crippen LogP contribution in [0.3, 0.4) is 0 Å². The van der Waals surface area contributed by atoms with Gasteiger partial charge in [0.15, 0.2) is 0 Å². The predicted molar refractivity (Wildman–Crippen MR) is 147 cm³/mol. The van der Waals surface area contributed by atoms with Crippen molar-refractivity contribution in [2.45, 2.75) is 43.8 Å². The Balaban J connectivity index is 1.09. The van der Waals surface area contributed by atoms with Crippen molar-refractivity contribution in [1.82, 2.24) is 15.5 Å².